The van der Waals surface area contributed by atoms with Crippen LogP contribution < -0.4 is 5.32 Å². The normalized spacial score (nSPS) is 11.2. The average Bonchev–Trinajstić information content (AvgIpc) is 2.85. The van der Waals surface area contributed by atoms with Crippen molar-refractivity contribution in [1.82, 2.24) is 15.0 Å². The molecule has 4 rings (SSSR count). The third kappa shape index (κ3) is 4.98. The summed E-state index contributed by atoms with van der Waals surface area (Å²) in [5.41, 5.74) is 3.68. The van der Waals surface area contributed by atoms with Gasteiger partial charge in [-0.2, -0.15) is 13.2 Å². The van der Waals surface area contributed by atoms with E-state index in [0.717, 1.165) is 40.6 Å². The van der Waals surface area contributed by atoms with Gasteiger partial charge >= 0.3 is 6.18 Å². The van der Waals surface area contributed by atoms with Gasteiger partial charge in [0.1, 0.15) is 11.4 Å². The second-order valence-electron chi connectivity index (χ2n) is 7.43. The van der Waals surface area contributed by atoms with E-state index in [1.54, 1.807) is 30.5 Å². The number of hydrogen-bond donors (Lipinski definition) is 1. The van der Waals surface area contributed by atoms with E-state index in [4.69, 9.17) is 0 Å². The van der Waals surface area contributed by atoms with Crippen molar-refractivity contribution in [3.05, 3.63) is 95.7 Å². The van der Waals surface area contributed by atoms with Crippen LogP contribution in [0.25, 0.3) is 22.4 Å². The van der Waals surface area contributed by atoms with Crippen LogP contribution in [0.4, 0.5) is 18.9 Å². The first kappa shape index (κ1) is 22.8. The quantitative estimate of drug-likeness (QED) is 0.391. The molecule has 3 heterocycles. The maximum absolute atomic E-state index is 12.7. The molecule has 4 aromatic rings. The third-order valence-corrected chi connectivity index (χ3v) is 5.08. The van der Waals surface area contributed by atoms with Crippen LogP contribution in [0.5, 0.6) is 0 Å². The van der Waals surface area contributed by atoms with Gasteiger partial charge in [0.2, 0.25) is 0 Å². The van der Waals surface area contributed by atoms with Gasteiger partial charge in [-0.05, 0) is 72.1 Å². The Hall–Kier alpha value is -4.40. The molecule has 0 spiro atoms. The summed E-state index contributed by atoms with van der Waals surface area (Å²) in [6.45, 7) is 1.91. The number of carbonyl (C=O) groups excluding carboxylic acids is 2. The number of rotatable bonds is 5. The first-order valence-corrected chi connectivity index (χ1v) is 10.1. The Bertz CT molecular complexity index is 1370. The standard InChI is InChI=1S/C25H17F3N4O2/c1-15-2-4-19(32-24(34)18-3-5-23(31-13-18)25(26,27)28)12-21(15)16-6-9-30-22(11-16)17-7-8-29-20(10-17)14-33/h2-14H,1H3,(H,32,34). The van der Waals surface area contributed by atoms with Crippen molar-refractivity contribution in [2.24, 2.45) is 0 Å². The lowest BCUT2D eigenvalue weighted by Crippen LogP contribution is -2.14. The topological polar surface area (TPSA) is 84.8 Å². The highest BCUT2D eigenvalue weighted by molar-refractivity contribution is 6.04. The summed E-state index contributed by atoms with van der Waals surface area (Å²) in [5, 5.41) is 2.69. The van der Waals surface area contributed by atoms with Crippen LogP contribution in [-0.4, -0.2) is 27.1 Å². The van der Waals surface area contributed by atoms with Crippen LogP contribution in [0.2, 0.25) is 0 Å². The Morgan fingerprint density at radius 3 is 2.38 bits per heavy atom. The van der Waals surface area contributed by atoms with Crippen molar-refractivity contribution < 1.29 is 22.8 Å². The summed E-state index contributed by atoms with van der Waals surface area (Å²) in [6.07, 6.45) is 0.158. The molecule has 0 atom stereocenters. The van der Waals surface area contributed by atoms with Crippen LogP contribution in [-0.2, 0) is 6.18 Å². The van der Waals surface area contributed by atoms with Gasteiger partial charge in [0.25, 0.3) is 5.91 Å². The Morgan fingerprint density at radius 2 is 1.68 bits per heavy atom. The number of alkyl halides is 3. The lowest BCUT2D eigenvalue weighted by molar-refractivity contribution is -0.141. The SMILES string of the molecule is Cc1ccc(NC(=O)c2ccc(C(F)(F)F)nc2)cc1-c1ccnc(-c2ccnc(C=O)c2)c1. The zero-order chi connectivity index (χ0) is 24.3. The van der Waals surface area contributed by atoms with Crippen LogP contribution in [0.1, 0.15) is 32.1 Å². The monoisotopic (exact) mass is 462 g/mol. The van der Waals surface area contributed by atoms with Crippen molar-refractivity contribution >= 4 is 17.9 Å². The number of carbonyl (C=O) groups is 2. The first-order valence-electron chi connectivity index (χ1n) is 10.1. The zero-order valence-corrected chi connectivity index (χ0v) is 17.8. The molecular formula is C25H17F3N4O2. The minimum absolute atomic E-state index is 0.00462. The molecule has 0 saturated carbocycles. The molecule has 34 heavy (non-hydrogen) atoms. The molecule has 0 bridgehead atoms. The smallest absolute Gasteiger partial charge is 0.322 e. The molecule has 3 aromatic heterocycles. The molecule has 1 aromatic carbocycles. The highest BCUT2D eigenvalue weighted by atomic mass is 19.4. The van der Waals surface area contributed by atoms with Gasteiger partial charge in [0.05, 0.1) is 11.3 Å². The molecular weight excluding hydrogens is 445 g/mol. The second kappa shape index (κ2) is 9.22. The third-order valence-electron chi connectivity index (χ3n) is 5.08. The average molecular weight is 462 g/mol. The van der Waals surface area contributed by atoms with Gasteiger partial charge in [-0.3, -0.25) is 24.5 Å². The van der Waals surface area contributed by atoms with Crippen LogP contribution in [0, 0.1) is 6.92 Å². The number of pyridine rings is 3. The Labute approximate surface area is 192 Å². The predicted octanol–water partition coefficient (Wildman–Crippen LogP) is 5.60. The number of nitrogens with one attached hydrogen (secondary N) is 1. The molecule has 0 saturated heterocycles. The number of nitrogens with zero attached hydrogens (tertiary/aromatic N) is 3. The fourth-order valence-corrected chi connectivity index (χ4v) is 3.34. The van der Waals surface area contributed by atoms with Crippen LogP contribution in [0.15, 0.2) is 73.2 Å². The molecule has 0 aliphatic rings. The summed E-state index contributed by atoms with van der Waals surface area (Å²) in [4.78, 5) is 35.2. The summed E-state index contributed by atoms with van der Waals surface area (Å²) in [5.74, 6) is -0.579. The lowest BCUT2D eigenvalue weighted by Gasteiger charge is -2.12. The van der Waals surface area contributed by atoms with E-state index in [0.29, 0.717) is 23.4 Å². The number of hydrogen-bond acceptors (Lipinski definition) is 5. The van der Waals surface area contributed by atoms with Crippen molar-refractivity contribution in [2.75, 3.05) is 5.32 Å². The van der Waals surface area contributed by atoms with Crippen molar-refractivity contribution in [3.8, 4) is 22.4 Å². The number of aromatic nitrogens is 3. The molecule has 6 nitrogen and oxygen atoms in total. The Kier molecular flexibility index (Phi) is 6.18. The van der Waals surface area contributed by atoms with E-state index < -0.39 is 17.8 Å². The fraction of sp³-hybridized carbons (Fsp3) is 0.0800. The van der Waals surface area contributed by atoms with E-state index in [1.165, 1.54) is 6.20 Å². The van der Waals surface area contributed by atoms with Crippen molar-refractivity contribution in [1.29, 1.82) is 0 Å². The number of halogens is 3. The van der Waals surface area contributed by atoms with Gasteiger partial charge in [-0.15, -0.1) is 0 Å². The fourth-order valence-electron chi connectivity index (χ4n) is 3.34. The van der Waals surface area contributed by atoms with Crippen LogP contribution >= 0.6 is 0 Å². The second-order valence-corrected chi connectivity index (χ2v) is 7.43. The van der Waals surface area contributed by atoms with Crippen molar-refractivity contribution in [3.63, 3.8) is 0 Å². The van der Waals surface area contributed by atoms with E-state index in [9.17, 15) is 22.8 Å². The lowest BCUT2D eigenvalue weighted by atomic mass is 9.99. The maximum Gasteiger partial charge on any atom is 0.433 e. The molecule has 1 amide bonds. The van der Waals surface area contributed by atoms with Crippen LogP contribution in [0.3, 0.4) is 0 Å². The Balaban J connectivity index is 1.60. The summed E-state index contributed by atoms with van der Waals surface area (Å²) < 4.78 is 38.1. The Morgan fingerprint density at radius 1 is 0.912 bits per heavy atom. The highest BCUT2D eigenvalue weighted by Crippen LogP contribution is 2.30. The number of anilines is 1. The molecule has 0 aliphatic carbocycles. The molecule has 1 N–H and O–H groups in total. The summed E-state index contributed by atoms with van der Waals surface area (Å²) >= 11 is 0. The van der Waals surface area contributed by atoms with Crippen molar-refractivity contribution in [2.45, 2.75) is 13.1 Å². The number of aldehydes is 1. The molecule has 0 radical (unpaired) electrons. The molecule has 9 heteroatoms. The van der Waals surface area contributed by atoms with Gasteiger partial charge in [0.15, 0.2) is 6.29 Å². The molecule has 170 valence electrons. The molecule has 0 unspecified atom stereocenters. The van der Waals surface area contributed by atoms with Gasteiger partial charge < -0.3 is 5.32 Å². The number of amides is 1. The highest BCUT2D eigenvalue weighted by Gasteiger charge is 2.32. The maximum atomic E-state index is 12.7. The van der Waals surface area contributed by atoms with Gasteiger partial charge in [-0.25, -0.2) is 0 Å². The van der Waals surface area contributed by atoms with Gasteiger partial charge in [-0.1, -0.05) is 6.07 Å². The van der Waals surface area contributed by atoms with E-state index in [2.05, 4.69) is 20.3 Å². The minimum Gasteiger partial charge on any atom is -0.322 e. The molecule has 0 fully saturated rings. The zero-order valence-electron chi connectivity index (χ0n) is 17.8. The van der Waals surface area contributed by atoms with Gasteiger partial charge in [0, 0.05) is 29.8 Å². The number of benzene rings is 1. The van der Waals surface area contributed by atoms with E-state index in [1.807, 2.05) is 25.1 Å². The minimum atomic E-state index is -4.57. The first-order chi connectivity index (χ1) is 16.2. The number of aryl methyl sites for hydroxylation is 1. The predicted molar refractivity (Wildman–Crippen MR) is 120 cm³/mol. The molecule has 0 aliphatic heterocycles. The largest absolute Gasteiger partial charge is 0.433 e. The summed E-state index contributed by atoms with van der Waals surface area (Å²) in [6, 6.07) is 14.2. The summed E-state index contributed by atoms with van der Waals surface area (Å²) in [7, 11) is 0. The van der Waals surface area contributed by atoms with E-state index in [-0.39, 0.29) is 5.56 Å². The van der Waals surface area contributed by atoms with E-state index >= 15 is 0 Å².